The van der Waals surface area contributed by atoms with E-state index in [1.165, 1.54) is 16.3 Å². The van der Waals surface area contributed by atoms with Crippen molar-refractivity contribution >= 4 is 29.5 Å². The molecular formula is C25H22OSn. The molecule has 0 amide bonds. The third-order valence-corrected chi connectivity index (χ3v) is 16.3. The molecule has 4 aromatic carbocycles. The molecule has 1 nitrogen and oxygen atoms in total. The van der Waals surface area contributed by atoms with Crippen LogP contribution in [0.1, 0.15) is 5.56 Å². The summed E-state index contributed by atoms with van der Waals surface area (Å²) in [5.41, 5.74) is 1.21. The van der Waals surface area contributed by atoms with Crippen LogP contribution in [0.2, 0.25) is 0 Å². The zero-order valence-electron chi connectivity index (χ0n) is 15.2. The zero-order valence-corrected chi connectivity index (χ0v) is 18.0. The SMILES string of the molecule is c1ccc(C[O][Sn]([c]2ccccc2)([c]2ccccc2)[c]2ccccc2)cc1. The molecule has 2 heteroatoms. The molecule has 0 aliphatic rings. The Hall–Kier alpha value is -2.36. The summed E-state index contributed by atoms with van der Waals surface area (Å²) in [7, 11) is 0. The van der Waals surface area contributed by atoms with Crippen LogP contribution in [0, 0.1) is 0 Å². The molecule has 0 aliphatic heterocycles. The van der Waals surface area contributed by atoms with Gasteiger partial charge in [-0.15, -0.1) is 0 Å². The Kier molecular flexibility index (Phi) is 5.71. The van der Waals surface area contributed by atoms with Crippen molar-refractivity contribution in [1.29, 1.82) is 0 Å². The fourth-order valence-electron chi connectivity index (χ4n) is 3.53. The van der Waals surface area contributed by atoms with Crippen molar-refractivity contribution in [2.75, 3.05) is 0 Å². The van der Waals surface area contributed by atoms with Crippen molar-refractivity contribution in [2.45, 2.75) is 6.61 Å². The van der Waals surface area contributed by atoms with Crippen LogP contribution in [-0.4, -0.2) is 18.8 Å². The van der Waals surface area contributed by atoms with Gasteiger partial charge in [-0.2, -0.15) is 0 Å². The molecular weight excluding hydrogens is 435 g/mol. The Bertz CT molecular complexity index is 857. The first-order chi connectivity index (χ1) is 13.4. The normalized spacial score (nSPS) is 11.3. The zero-order chi connectivity index (χ0) is 18.4. The maximum atomic E-state index is 6.98. The molecule has 0 atom stereocenters. The number of benzene rings is 4. The van der Waals surface area contributed by atoms with Crippen molar-refractivity contribution in [3.63, 3.8) is 0 Å². The molecule has 0 heterocycles. The van der Waals surface area contributed by atoms with Crippen LogP contribution >= 0.6 is 0 Å². The third kappa shape index (κ3) is 3.85. The Balaban J connectivity index is 1.89. The molecule has 0 fully saturated rings. The predicted molar refractivity (Wildman–Crippen MR) is 115 cm³/mol. The van der Waals surface area contributed by atoms with E-state index in [-0.39, 0.29) is 0 Å². The third-order valence-electron chi connectivity index (χ3n) is 4.84. The van der Waals surface area contributed by atoms with E-state index >= 15 is 0 Å². The summed E-state index contributed by atoms with van der Waals surface area (Å²) in [5, 5.41) is 0. The molecule has 0 aromatic heterocycles. The van der Waals surface area contributed by atoms with Crippen molar-refractivity contribution in [3.05, 3.63) is 127 Å². The summed E-state index contributed by atoms with van der Waals surface area (Å²) in [6.07, 6.45) is 0. The summed E-state index contributed by atoms with van der Waals surface area (Å²) in [5.74, 6) is 0. The molecule has 132 valence electrons. The molecule has 0 radical (unpaired) electrons. The van der Waals surface area contributed by atoms with E-state index in [0.29, 0.717) is 6.61 Å². The van der Waals surface area contributed by atoms with Gasteiger partial charge in [-0.1, -0.05) is 0 Å². The number of rotatable bonds is 6. The van der Waals surface area contributed by atoms with Gasteiger partial charge >= 0.3 is 166 Å². The standard InChI is InChI=1S/C7H7O.3C6H5.Sn/c8-6-7-4-2-1-3-5-7;3*1-2-4-6-5-3-1;/h1-5H,6H2;3*1-5H;/q-1;;;;+1. The Morgan fingerprint density at radius 2 is 0.778 bits per heavy atom. The monoisotopic (exact) mass is 458 g/mol. The topological polar surface area (TPSA) is 9.23 Å². The van der Waals surface area contributed by atoms with Crippen LogP contribution in [-0.2, 0) is 9.68 Å². The average Bonchev–Trinajstić information content (AvgIpc) is 2.77. The van der Waals surface area contributed by atoms with Gasteiger partial charge in [-0.05, 0) is 0 Å². The molecule has 0 saturated carbocycles. The van der Waals surface area contributed by atoms with Gasteiger partial charge in [0.1, 0.15) is 0 Å². The first-order valence-electron chi connectivity index (χ1n) is 9.24. The summed E-state index contributed by atoms with van der Waals surface area (Å²) in [6.45, 7) is 0.621. The van der Waals surface area contributed by atoms with E-state index in [2.05, 4.69) is 115 Å². The Morgan fingerprint density at radius 3 is 1.15 bits per heavy atom. The fourth-order valence-corrected chi connectivity index (χ4v) is 14.6. The van der Waals surface area contributed by atoms with E-state index in [1.54, 1.807) is 0 Å². The van der Waals surface area contributed by atoms with Gasteiger partial charge in [0.25, 0.3) is 0 Å². The number of hydrogen-bond donors (Lipinski definition) is 0. The predicted octanol–water partition coefficient (Wildman–Crippen LogP) is 3.87. The minimum absolute atomic E-state index is 0.621. The van der Waals surface area contributed by atoms with Gasteiger partial charge in [0.05, 0.1) is 0 Å². The van der Waals surface area contributed by atoms with Gasteiger partial charge < -0.3 is 0 Å². The molecule has 4 aromatic rings. The molecule has 4 rings (SSSR count). The van der Waals surface area contributed by atoms with Gasteiger partial charge in [0, 0.05) is 0 Å². The van der Waals surface area contributed by atoms with Crippen LogP contribution in [0.4, 0.5) is 0 Å². The Morgan fingerprint density at radius 1 is 0.444 bits per heavy atom. The van der Waals surface area contributed by atoms with Gasteiger partial charge in [0.15, 0.2) is 0 Å². The second-order valence-electron chi connectivity index (χ2n) is 6.55. The van der Waals surface area contributed by atoms with E-state index in [1.807, 2.05) is 6.07 Å². The summed E-state index contributed by atoms with van der Waals surface area (Å²) in [4.78, 5) is 0. The maximum absolute atomic E-state index is 6.98. The second-order valence-corrected chi connectivity index (χ2v) is 16.2. The molecule has 0 N–H and O–H groups in total. The quantitative estimate of drug-likeness (QED) is 0.400. The van der Waals surface area contributed by atoms with Crippen LogP contribution in [0.3, 0.4) is 0 Å². The second kappa shape index (κ2) is 8.55. The number of hydrogen-bond acceptors (Lipinski definition) is 1. The average molecular weight is 457 g/mol. The van der Waals surface area contributed by atoms with E-state index in [9.17, 15) is 0 Å². The van der Waals surface area contributed by atoms with Gasteiger partial charge in [-0.25, -0.2) is 0 Å². The summed E-state index contributed by atoms with van der Waals surface area (Å²) < 4.78 is 11.0. The summed E-state index contributed by atoms with van der Waals surface area (Å²) in [6, 6.07) is 42.9. The molecule has 0 unspecified atom stereocenters. The van der Waals surface area contributed by atoms with Gasteiger partial charge in [-0.3, -0.25) is 0 Å². The van der Waals surface area contributed by atoms with E-state index < -0.39 is 18.8 Å². The molecule has 0 bridgehead atoms. The van der Waals surface area contributed by atoms with E-state index in [0.717, 1.165) is 0 Å². The van der Waals surface area contributed by atoms with Crippen molar-refractivity contribution in [1.82, 2.24) is 0 Å². The van der Waals surface area contributed by atoms with Gasteiger partial charge in [0.2, 0.25) is 0 Å². The molecule has 0 saturated heterocycles. The molecule has 0 spiro atoms. The minimum atomic E-state index is -3.60. The Labute approximate surface area is 165 Å². The van der Waals surface area contributed by atoms with Crippen molar-refractivity contribution < 1.29 is 3.07 Å². The van der Waals surface area contributed by atoms with Crippen molar-refractivity contribution in [3.8, 4) is 0 Å². The first kappa shape index (κ1) is 18.0. The van der Waals surface area contributed by atoms with Crippen LogP contribution in [0.5, 0.6) is 0 Å². The van der Waals surface area contributed by atoms with Crippen LogP contribution in [0.15, 0.2) is 121 Å². The summed E-state index contributed by atoms with van der Waals surface area (Å²) >= 11 is -3.60. The molecule has 27 heavy (non-hydrogen) atoms. The van der Waals surface area contributed by atoms with Crippen molar-refractivity contribution in [2.24, 2.45) is 0 Å². The fraction of sp³-hybridized carbons (Fsp3) is 0.0400. The molecule has 0 aliphatic carbocycles. The van der Waals surface area contributed by atoms with Crippen LogP contribution < -0.4 is 10.7 Å². The van der Waals surface area contributed by atoms with E-state index in [4.69, 9.17) is 3.07 Å². The first-order valence-corrected chi connectivity index (χ1v) is 14.7. The van der Waals surface area contributed by atoms with Crippen LogP contribution in [0.25, 0.3) is 0 Å².